The first kappa shape index (κ1) is 14.1. The molecule has 1 unspecified atom stereocenters. The van der Waals surface area contributed by atoms with Gasteiger partial charge in [-0.1, -0.05) is 19.3 Å². The van der Waals surface area contributed by atoms with Crippen LogP contribution in [0.4, 0.5) is 0 Å². The molecule has 0 spiro atoms. The van der Waals surface area contributed by atoms with Gasteiger partial charge in [-0.3, -0.25) is 4.68 Å². The summed E-state index contributed by atoms with van der Waals surface area (Å²) in [7, 11) is -2.95. The minimum absolute atomic E-state index is 0.0935. The molecule has 1 saturated heterocycles. The van der Waals surface area contributed by atoms with Crippen LogP contribution in [0, 0.1) is 0 Å². The Kier molecular flexibility index (Phi) is 3.62. The maximum atomic E-state index is 11.6. The number of sulfone groups is 1. The van der Waals surface area contributed by atoms with Crippen LogP contribution >= 0.6 is 0 Å². The molecular formula is C14H23N3O2S. The second kappa shape index (κ2) is 5.15. The van der Waals surface area contributed by atoms with E-state index in [4.69, 9.17) is 5.73 Å². The molecule has 2 heterocycles. The summed E-state index contributed by atoms with van der Waals surface area (Å²) < 4.78 is 25.2. The molecule has 0 bridgehead atoms. The lowest BCUT2D eigenvalue weighted by Crippen LogP contribution is -2.43. The van der Waals surface area contributed by atoms with Gasteiger partial charge < -0.3 is 5.73 Å². The van der Waals surface area contributed by atoms with E-state index < -0.39 is 15.4 Å². The van der Waals surface area contributed by atoms with E-state index in [0.29, 0.717) is 18.9 Å². The van der Waals surface area contributed by atoms with Crippen molar-refractivity contribution in [3.8, 4) is 0 Å². The normalized spacial score (nSPS) is 30.6. The highest BCUT2D eigenvalue weighted by Crippen LogP contribution is 2.28. The Labute approximate surface area is 120 Å². The fourth-order valence-electron chi connectivity index (χ4n) is 3.46. The Morgan fingerprint density at radius 2 is 2.10 bits per heavy atom. The molecule has 2 aliphatic rings. The Morgan fingerprint density at radius 1 is 1.35 bits per heavy atom. The smallest absolute Gasteiger partial charge is 0.152 e. The zero-order chi connectivity index (χ0) is 14.2. The lowest BCUT2D eigenvalue weighted by molar-refractivity contribution is 0.326. The largest absolute Gasteiger partial charge is 0.324 e. The first-order valence-corrected chi connectivity index (χ1v) is 9.31. The van der Waals surface area contributed by atoms with E-state index in [9.17, 15) is 8.42 Å². The van der Waals surface area contributed by atoms with Gasteiger partial charge in [0.25, 0.3) is 0 Å². The summed E-state index contributed by atoms with van der Waals surface area (Å²) in [4.78, 5) is 0. The fraction of sp³-hybridized carbons (Fsp3) is 0.786. The molecule has 112 valence electrons. The molecule has 2 fully saturated rings. The van der Waals surface area contributed by atoms with Crippen molar-refractivity contribution in [2.75, 3.05) is 11.5 Å². The van der Waals surface area contributed by atoms with E-state index in [1.165, 1.54) is 32.1 Å². The van der Waals surface area contributed by atoms with Gasteiger partial charge in [0, 0.05) is 18.2 Å². The first-order valence-electron chi connectivity index (χ1n) is 7.49. The van der Waals surface area contributed by atoms with Crippen LogP contribution in [-0.2, 0) is 16.3 Å². The van der Waals surface area contributed by atoms with Crippen LogP contribution in [0.15, 0.2) is 12.3 Å². The predicted octanol–water partition coefficient (Wildman–Crippen LogP) is 1.45. The van der Waals surface area contributed by atoms with Crippen LogP contribution in [0.1, 0.15) is 50.3 Å². The quantitative estimate of drug-likeness (QED) is 0.916. The second-order valence-electron chi connectivity index (χ2n) is 6.46. The Morgan fingerprint density at radius 3 is 2.75 bits per heavy atom. The number of nitrogens with zero attached hydrogens (tertiary/aromatic N) is 2. The summed E-state index contributed by atoms with van der Waals surface area (Å²) in [5.41, 5.74) is 6.53. The van der Waals surface area contributed by atoms with Crippen LogP contribution in [0.25, 0.3) is 0 Å². The van der Waals surface area contributed by atoms with Crippen molar-refractivity contribution in [3.05, 3.63) is 18.0 Å². The third-order valence-electron chi connectivity index (χ3n) is 4.56. The second-order valence-corrected chi connectivity index (χ2v) is 8.64. The van der Waals surface area contributed by atoms with Crippen LogP contribution in [0.5, 0.6) is 0 Å². The lowest BCUT2D eigenvalue weighted by Gasteiger charge is -2.22. The van der Waals surface area contributed by atoms with Crippen LogP contribution in [0.2, 0.25) is 0 Å². The van der Waals surface area contributed by atoms with Crippen LogP contribution < -0.4 is 5.73 Å². The number of rotatable bonds is 3. The van der Waals surface area contributed by atoms with Crippen molar-refractivity contribution in [1.29, 1.82) is 0 Å². The Balaban J connectivity index is 1.68. The summed E-state index contributed by atoms with van der Waals surface area (Å²) in [6, 6.07) is 2.51. The summed E-state index contributed by atoms with van der Waals surface area (Å²) >= 11 is 0. The minimum Gasteiger partial charge on any atom is -0.324 e. The highest BCUT2D eigenvalue weighted by atomic mass is 32.2. The van der Waals surface area contributed by atoms with E-state index in [0.717, 1.165) is 5.69 Å². The molecule has 1 aliphatic carbocycles. The molecule has 1 aliphatic heterocycles. The Hall–Kier alpha value is -0.880. The molecule has 1 aromatic heterocycles. The first-order chi connectivity index (χ1) is 9.46. The number of nitrogens with two attached hydrogens (primary N) is 1. The third-order valence-corrected chi connectivity index (χ3v) is 6.40. The molecule has 3 rings (SSSR count). The maximum Gasteiger partial charge on any atom is 0.152 e. The van der Waals surface area contributed by atoms with Gasteiger partial charge in [0.2, 0.25) is 0 Å². The zero-order valence-electron chi connectivity index (χ0n) is 11.8. The minimum atomic E-state index is -2.95. The highest BCUT2D eigenvalue weighted by Gasteiger charge is 2.39. The van der Waals surface area contributed by atoms with Crippen LogP contribution in [0.3, 0.4) is 0 Å². The number of hydrogen-bond acceptors (Lipinski definition) is 4. The van der Waals surface area contributed by atoms with Gasteiger partial charge in [-0.15, -0.1) is 0 Å². The Bertz CT molecular complexity index is 575. The topological polar surface area (TPSA) is 78.0 Å². The van der Waals surface area contributed by atoms with E-state index in [-0.39, 0.29) is 11.5 Å². The van der Waals surface area contributed by atoms with Gasteiger partial charge in [-0.2, -0.15) is 5.10 Å². The van der Waals surface area contributed by atoms with Crippen molar-refractivity contribution in [1.82, 2.24) is 9.78 Å². The summed E-state index contributed by atoms with van der Waals surface area (Å²) in [6.07, 6.45) is 9.41. The van der Waals surface area contributed by atoms with Gasteiger partial charge in [-0.05, 0) is 25.3 Å². The van der Waals surface area contributed by atoms with Gasteiger partial charge in [0.05, 0.1) is 23.2 Å². The van der Waals surface area contributed by atoms with Crippen molar-refractivity contribution in [2.45, 2.75) is 56.5 Å². The van der Waals surface area contributed by atoms with Gasteiger partial charge in [0.1, 0.15) is 0 Å². The SMILES string of the molecule is NC1(Cc2ccn(C3CCCCC3)n2)CCS(=O)(=O)C1. The maximum absolute atomic E-state index is 11.6. The number of aromatic nitrogens is 2. The molecule has 5 nitrogen and oxygen atoms in total. The van der Waals surface area contributed by atoms with Crippen molar-refractivity contribution < 1.29 is 8.42 Å². The van der Waals surface area contributed by atoms with E-state index in [2.05, 4.69) is 9.78 Å². The highest BCUT2D eigenvalue weighted by molar-refractivity contribution is 7.91. The number of hydrogen-bond donors (Lipinski definition) is 1. The van der Waals surface area contributed by atoms with Crippen molar-refractivity contribution in [3.63, 3.8) is 0 Å². The van der Waals surface area contributed by atoms with Gasteiger partial charge >= 0.3 is 0 Å². The van der Waals surface area contributed by atoms with Gasteiger partial charge in [-0.25, -0.2) is 8.42 Å². The summed E-state index contributed by atoms with van der Waals surface area (Å²) in [5, 5.41) is 4.63. The van der Waals surface area contributed by atoms with Gasteiger partial charge in [0.15, 0.2) is 9.84 Å². The molecule has 6 heteroatoms. The molecule has 1 saturated carbocycles. The van der Waals surface area contributed by atoms with Crippen LogP contribution in [-0.4, -0.2) is 35.2 Å². The van der Waals surface area contributed by atoms with E-state index in [1.807, 2.05) is 12.3 Å². The predicted molar refractivity (Wildman–Crippen MR) is 78.2 cm³/mol. The molecule has 1 atom stereocenters. The standard InChI is InChI=1S/C14H23N3O2S/c15-14(7-9-20(18,19)11-14)10-12-6-8-17(16-12)13-4-2-1-3-5-13/h6,8,13H,1-5,7,9-11,15H2. The van der Waals surface area contributed by atoms with Crippen molar-refractivity contribution in [2.24, 2.45) is 5.73 Å². The molecule has 20 heavy (non-hydrogen) atoms. The molecule has 2 N–H and O–H groups in total. The molecule has 0 radical (unpaired) electrons. The molecule has 0 amide bonds. The van der Waals surface area contributed by atoms with E-state index >= 15 is 0 Å². The average Bonchev–Trinajstić information content (AvgIpc) is 2.95. The third kappa shape index (κ3) is 3.06. The molecule has 1 aromatic rings. The lowest BCUT2D eigenvalue weighted by atomic mass is 9.94. The van der Waals surface area contributed by atoms with Crippen molar-refractivity contribution >= 4 is 9.84 Å². The summed E-state index contributed by atoms with van der Waals surface area (Å²) in [6.45, 7) is 0. The molecular weight excluding hydrogens is 274 g/mol. The van der Waals surface area contributed by atoms with E-state index in [1.54, 1.807) is 0 Å². The summed E-state index contributed by atoms with van der Waals surface area (Å²) in [5.74, 6) is 0.309. The zero-order valence-corrected chi connectivity index (χ0v) is 12.6. The molecule has 0 aromatic carbocycles. The fourth-order valence-corrected chi connectivity index (χ4v) is 5.45. The monoisotopic (exact) mass is 297 g/mol. The average molecular weight is 297 g/mol.